The molecule has 2 rings (SSSR count). The number of nitrogens with zero attached hydrogens (tertiary/aromatic N) is 4. The van der Waals surface area contributed by atoms with Gasteiger partial charge in [-0.1, -0.05) is 0 Å². The van der Waals surface area contributed by atoms with E-state index in [1.54, 1.807) is 0 Å². The minimum absolute atomic E-state index is 0. The highest BCUT2D eigenvalue weighted by Gasteiger charge is 2.25. The third-order valence-corrected chi connectivity index (χ3v) is 4.67. The van der Waals surface area contributed by atoms with Crippen LogP contribution < -0.4 is 10.0 Å². The zero-order valence-electron chi connectivity index (χ0n) is 15.1. The molecule has 1 fully saturated rings. The Balaban J connectivity index is 0.00000312. The molecule has 0 spiro atoms. The number of halogens is 1. The Hall–Kier alpha value is -0.880. The minimum Gasteiger partial charge on any atom is -0.357 e. The molecule has 2 N–H and O–H groups in total. The van der Waals surface area contributed by atoms with Crippen molar-refractivity contribution in [2.75, 3.05) is 39.0 Å². The number of nitrogens with one attached hydrogen (secondary N) is 2. The summed E-state index contributed by atoms with van der Waals surface area (Å²) in [5, 5.41) is 7.52. The van der Waals surface area contributed by atoms with E-state index >= 15 is 0 Å². The van der Waals surface area contributed by atoms with Gasteiger partial charge in [0.05, 0.1) is 19.0 Å². The lowest BCUT2D eigenvalue weighted by molar-refractivity contribution is 0.460. The van der Waals surface area contributed by atoms with E-state index in [1.807, 2.05) is 24.9 Å². The van der Waals surface area contributed by atoms with Crippen LogP contribution in [0.15, 0.2) is 17.4 Å². The number of guanidine groups is 1. The van der Waals surface area contributed by atoms with Gasteiger partial charge in [0.1, 0.15) is 0 Å². The highest BCUT2D eigenvalue weighted by Crippen LogP contribution is 2.20. The fraction of sp³-hybridized carbons (Fsp3) is 0.733. The highest BCUT2D eigenvalue weighted by molar-refractivity contribution is 14.0. The predicted octanol–water partition coefficient (Wildman–Crippen LogP) is 0.417. The van der Waals surface area contributed by atoms with Crippen molar-refractivity contribution >= 4 is 40.0 Å². The van der Waals surface area contributed by atoms with Crippen LogP contribution in [0.2, 0.25) is 0 Å². The average Bonchev–Trinajstić information content (AvgIpc) is 3.11. The van der Waals surface area contributed by atoms with Crippen LogP contribution in [0, 0.1) is 5.92 Å². The smallest absolute Gasteiger partial charge is 0.208 e. The molecule has 8 nitrogen and oxygen atoms in total. The Morgan fingerprint density at radius 3 is 2.84 bits per heavy atom. The van der Waals surface area contributed by atoms with E-state index in [2.05, 4.69) is 31.2 Å². The SMILES string of the molecule is CCNC(=NCCNS(C)(=O)=O)N1CCC(Cc2cnn(C)c2)C1.I. The highest BCUT2D eigenvalue weighted by atomic mass is 127. The van der Waals surface area contributed by atoms with Crippen molar-refractivity contribution in [2.24, 2.45) is 18.0 Å². The van der Waals surface area contributed by atoms with Crippen LogP contribution in [-0.4, -0.2) is 68.0 Å². The van der Waals surface area contributed by atoms with Crippen molar-refractivity contribution in [3.8, 4) is 0 Å². The van der Waals surface area contributed by atoms with E-state index in [1.165, 1.54) is 5.56 Å². The molecule has 2 heterocycles. The third-order valence-electron chi connectivity index (χ3n) is 3.94. The summed E-state index contributed by atoms with van der Waals surface area (Å²) in [6, 6.07) is 0. The molecule has 144 valence electrons. The summed E-state index contributed by atoms with van der Waals surface area (Å²) < 4.78 is 26.5. The molecule has 0 amide bonds. The van der Waals surface area contributed by atoms with Crippen LogP contribution >= 0.6 is 24.0 Å². The fourth-order valence-corrected chi connectivity index (χ4v) is 3.38. The van der Waals surface area contributed by atoms with Crippen molar-refractivity contribution in [3.05, 3.63) is 18.0 Å². The molecule has 0 aromatic carbocycles. The number of sulfonamides is 1. The van der Waals surface area contributed by atoms with Crippen molar-refractivity contribution < 1.29 is 8.42 Å². The van der Waals surface area contributed by atoms with Gasteiger partial charge in [0, 0.05) is 39.4 Å². The predicted molar refractivity (Wildman–Crippen MR) is 111 cm³/mol. The summed E-state index contributed by atoms with van der Waals surface area (Å²) in [5.41, 5.74) is 1.27. The van der Waals surface area contributed by atoms with Crippen LogP contribution in [0.5, 0.6) is 0 Å². The molecule has 1 aromatic heterocycles. The molecule has 0 bridgehead atoms. The van der Waals surface area contributed by atoms with Crippen molar-refractivity contribution in [3.63, 3.8) is 0 Å². The quantitative estimate of drug-likeness (QED) is 0.253. The van der Waals surface area contributed by atoms with Crippen LogP contribution in [0.3, 0.4) is 0 Å². The lowest BCUT2D eigenvalue weighted by atomic mass is 10.0. The van der Waals surface area contributed by atoms with Gasteiger partial charge in [-0.2, -0.15) is 5.10 Å². The molecular weight excluding hydrogens is 455 g/mol. The van der Waals surface area contributed by atoms with Gasteiger partial charge in [0.2, 0.25) is 10.0 Å². The molecular formula is C15H29IN6O2S. The van der Waals surface area contributed by atoms with E-state index in [0.29, 0.717) is 19.0 Å². The molecule has 1 unspecified atom stereocenters. The monoisotopic (exact) mass is 484 g/mol. The number of aryl methyl sites for hydroxylation is 1. The second-order valence-electron chi connectivity index (χ2n) is 6.23. The van der Waals surface area contributed by atoms with Crippen LogP contribution in [-0.2, 0) is 23.5 Å². The fourth-order valence-electron chi connectivity index (χ4n) is 2.92. The standard InChI is InChI=1S/C15H28N6O2S.HI/c1-4-16-15(17-6-7-19-24(3,22)23)21-8-5-13(12-21)9-14-10-18-20(2)11-14;/h10-11,13,19H,4-9,12H2,1-3H3,(H,16,17);1H. The van der Waals surface area contributed by atoms with E-state index in [4.69, 9.17) is 0 Å². The number of rotatable bonds is 7. The second-order valence-corrected chi connectivity index (χ2v) is 8.06. The molecule has 0 saturated carbocycles. The van der Waals surface area contributed by atoms with E-state index in [0.717, 1.165) is 44.7 Å². The second kappa shape index (κ2) is 10.3. The summed E-state index contributed by atoms with van der Waals surface area (Å²) in [6.07, 6.45) is 7.31. The number of likely N-dealkylation sites (tertiary alicyclic amines) is 1. The first-order chi connectivity index (χ1) is 11.4. The van der Waals surface area contributed by atoms with Crippen LogP contribution in [0.25, 0.3) is 0 Å². The maximum absolute atomic E-state index is 11.1. The zero-order chi connectivity index (χ0) is 17.6. The first-order valence-electron chi connectivity index (χ1n) is 8.33. The molecule has 1 saturated heterocycles. The summed E-state index contributed by atoms with van der Waals surface area (Å²) >= 11 is 0. The van der Waals surface area contributed by atoms with Crippen molar-refractivity contribution in [2.45, 2.75) is 19.8 Å². The molecule has 25 heavy (non-hydrogen) atoms. The number of hydrogen-bond acceptors (Lipinski definition) is 4. The number of hydrogen-bond donors (Lipinski definition) is 2. The molecule has 1 atom stereocenters. The van der Waals surface area contributed by atoms with Gasteiger partial charge in [-0.05, 0) is 31.2 Å². The zero-order valence-corrected chi connectivity index (χ0v) is 18.3. The molecule has 1 aliphatic heterocycles. The first-order valence-corrected chi connectivity index (χ1v) is 10.2. The summed E-state index contributed by atoms with van der Waals surface area (Å²) in [7, 11) is -1.22. The maximum atomic E-state index is 11.1. The van der Waals surface area contributed by atoms with Crippen molar-refractivity contribution in [1.82, 2.24) is 24.7 Å². The molecule has 0 aliphatic carbocycles. The van der Waals surface area contributed by atoms with Gasteiger partial charge in [0.25, 0.3) is 0 Å². The van der Waals surface area contributed by atoms with Gasteiger partial charge in [-0.25, -0.2) is 13.1 Å². The Morgan fingerprint density at radius 1 is 1.48 bits per heavy atom. The van der Waals surface area contributed by atoms with E-state index in [9.17, 15) is 8.42 Å². The van der Waals surface area contributed by atoms with Gasteiger partial charge in [0.15, 0.2) is 5.96 Å². The molecule has 1 aromatic rings. The number of aliphatic imine (C=N–C) groups is 1. The Morgan fingerprint density at radius 2 is 2.24 bits per heavy atom. The molecule has 10 heteroatoms. The summed E-state index contributed by atoms with van der Waals surface area (Å²) in [5.74, 6) is 1.45. The summed E-state index contributed by atoms with van der Waals surface area (Å²) in [4.78, 5) is 6.79. The van der Waals surface area contributed by atoms with E-state index in [-0.39, 0.29) is 24.0 Å². The van der Waals surface area contributed by atoms with E-state index < -0.39 is 10.0 Å². The Kier molecular flexibility index (Phi) is 9.14. The maximum Gasteiger partial charge on any atom is 0.208 e. The summed E-state index contributed by atoms with van der Waals surface area (Å²) in [6.45, 7) is 5.51. The number of aromatic nitrogens is 2. The van der Waals surface area contributed by atoms with Gasteiger partial charge < -0.3 is 10.2 Å². The van der Waals surface area contributed by atoms with Gasteiger partial charge in [-0.15, -0.1) is 24.0 Å². The molecule has 1 aliphatic rings. The minimum atomic E-state index is -3.16. The van der Waals surface area contributed by atoms with Gasteiger partial charge >= 0.3 is 0 Å². The lowest BCUT2D eigenvalue weighted by Gasteiger charge is -2.21. The largest absolute Gasteiger partial charge is 0.357 e. The topological polar surface area (TPSA) is 91.6 Å². The first kappa shape index (κ1) is 22.2. The van der Waals surface area contributed by atoms with Crippen molar-refractivity contribution in [1.29, 1.82) is 0 Å². The van der Waals surface area contributed by atoms with Crippen LogP contribution in [0.4, 0.5) is 0 Å². The normalized spacial score (nSPS) is 18.3. The Bertz CT molecular complexity index is 661. The molecule has 0 radical (unpaired) electrons. The lowest BCUT2D eigenvalue weighted by Crippen LogP contribution is -2.40. The van der Waals surface area contributed by atoms with Gasteiger partial charge in [-0.3, -0.25) is 9.67 Å². The van der Waals surface area contributed by atoms with Crippen LogP contribution in [0.1, 0.15) is 18.9 Å². The Labute approximate surface area is 167 Å². The third kappa shape index (κ3) is 7.90. The average molecular weight is 484 g/mol.